The van der Waals surface area contributed by atoms with E-state index in [-0.39, 0.29) is 12.5 Å². The van der Waals surface area contributed by atoms with Crippen molar-refractivity contribution in [2.45, 2.75) is 13.3 Å². The Labute approximate surface area is 78.5 Å². The van der Waals surface area contributed by atoms with Gasteiger partial charge in [-0.05, 0) is 6.42 Å². The third-order valence-corrected chi connectivity index (χ3v) is 2.42. The average molecular weight is 187 g/mol. The minimum Gasteiger partial charge on any atom is -0.395 e. The van der Waals surface area contributed by atoms with Crippen molar-refractivity contribution >= 4 is 5.91 Å². The summed E-state index contributed by atoms with van der Waals surface area (Å²) in [5.41, 5.74) is -0.635. The number of ether oxygens (including phenoxy) is 1. The molecule has 0 bridgehead atoms. The summed E-state index contributed by atoms with van der Waals surface area (Å²) in [4.78, 5) is 13.4. The maximum Gasteiger partial charge on any atom is 0.235 e. The molecule has 0 radical (unpaired) electrons. The Kier molecular flexibility index (Phi) is 3.27. The molecule has 1 saturated heterocycles. The SMILES string of the molecule is CCCN(C)C(=O)C1(CO)COC1. The van der Waals surface area contributed by atoms with Gasteiger partial charge in [0, 0.05) is 13.6 Å². The number of hydrogen-bond donors (Lipinski definition) is 1. The van der Waals surface area contributed by atoms with Gasteiger partial charge in [0.2, 0.25) is 5.91 Å². The highest BCUT2D eigenvalue weighted by atomic mass is 16.5. The van der Waals surface area contributed by atoms with Crippen LogP contribution in [-0.2, 0) is 9.53 Å². The molecule has 1 fully saturated rings. The van der Waals surface area contributed by atoms with Crippen LogP contribution in [0, 0.1) is 5.41 Å². The molecule has 0 aromatic heterocycles. The van der Waals surface area contributed by atoms with E-state index in [1.807, 2.05) is 6.92 Å². The van der Waals surface area contributed by atoms with Crippen molar-refractivity contribution in [2.24, 2.45) is 5.41 Å². The fourth-order valence-electron chi connectivity index (χ4n) is 1.47. The van der Waals surface area contributed by atoms with Crippen LogP contribution in [0.25, 0.3) is 0 Å². The van der Waals surface area contributed by atoms with Crippen molar-refractivity contribution < 1.29 is 14.6 Å². The van der Waals surface area contributed by atoms with E-state index < -0.39 is 5.41 Å². The summed E-state index contributed by atoms with van der Waals surface area (Å²) in [6.07, 6.45) is 0.935. The van der Waals surface area contributed by atoms with Crippen molar-refractivity contribution in [2.75, 3.05) is 33.4 Å². The van der Waals surface area contributed by atoms with Gasteiger partial charge in [0.15, 0.2) is 0 Å². The van der Waals surface area contributed by atoms with Gasteiger partial charge in [-0.2, -0.15) is 0 Å². The number of carbonyl (C=O) groups is 1. The summed E-state index contributed by atoms with van der Waals surface area (Å²) in [5, 5.41) is 9.10. The molecule has 0 aliphatic carbocycles. The first-order chi connectivity index (χ1) is 6.16. The number of aliphatic hydroxyl groups excluding tert-OH is 1. The van der Waals surface area contributed by atoms with E-state index in [1.165, 1.54) is 0 Å². The van der Waals surface area contributed by atoms with E-state index in [1.54, 1.807) is 11.9 Å². The molecule has 1 amide bonds. The number of carbonyl (C=O) groups excluding carboxylic acids is 1. The van der Waals surface area contributed by atoms with Crippen LogP contribution in [0.1, 0.15) is 13.3 Å². The van der Waals surface area contributed by atoms with E-state index in [9.17, 15) is 4.79 Å². The van der Waals surface area contributed by atoms with Crippen molar-refractivity contribution in [3.05, 3.63) is 0 Å². The Morgan fingerprint density at radius 2 is 2.23 bits per heavy atom. The first kappa shape index (κ1) is 10.5. The summed E-state index contributed by atoms with van der Waals surface area (Å²) in [6.45, 7) is 3.36. The summed E-state index contributed by atoms with van der Waals surface area (Å²) < 4.78 is 4.97. The normalized spacial score (nSPS) is 19.3. The molecule has 4 heteroatoms. The van der Waals surface area contributed by atoms with Crippen LogP contribution in [0.3, 0.4) is 0 Å². The molecule has 0 atom stereocenters. The van der Waals surface area contributed by atoms with Crippen molar-refractivity contribution in [1.82, 2.24) is 4.90 Å². The number of aliphatic hydroxyl groups is 1. The molecule has 0 spiro atoms. The van der Waals surface area contributed by atoms with Crippen LogP contribution in [-0.4, -0.2) is 49.3 Å². The predicted molar refractivity (Wildman–Crippen MR) is 48.3 cm³/mol. The molecule has 0 aromatic carbocycles. The van der Waals surface area contributed by atoms with Crippen molar-refractivity contribution in [3.63, 3.8) is 0 Å². The van der Waals surface area contributed by atoms with Gasteiger partial charge in [0.1, 0.15) is 5.41 Å². The second-order valence-corrected chi connectivity index (χ2v) is 3.66. The highest BCUT2D eigenvalue weighted by Gasteiger charge is 2.46. The molecule has 1 heterocycles. The second-order valence-electron chi connectivity index (χ2n) is 3.66. The molecular weight excluding hydrogens is 170 g/mol. The molecule has 1 aliphatic heterocycles. The van der Waals surface area contributed by atoms with E-state index in [0.717, 1.165) is 13.0 Å². The van der Waals surface area contributed by atoms with Gasteiger partial charge in [0.05, 0.1) is 19.8 Å². The zero-order valence-electron chi connectivity index (χ0n) is 8.25. The summed E-state index contributed by atoms with van der Waals surface area (Å²) in [6, 6.07) is 0. The van der Waals surface area contributed by atoms with E-state index in [2.05, 4.69) is 0 Å². The van der Waals surface area contributed by atoms with Gasteiger partial charge in [-0.3, -0.25) is 4.79 Å². The van der Waals surface area contributed by atoms with Crippen LogP contribution in [0.5, 0.6) is 0 Å². The minimum absolute atomic E-state index is 0.00287. The third kappa shape index (κ3) is 1.84. The van der Waals surface area contributed by atoms with E-state index >= 15 is 0 Å². The van der Waals surface area contributed by atoms with Crippen LogP contribution >= 0.6 is 0 Å². The smallest absolute Gasteiger partial charge is 0.235 e. The van der Waals surface area contributed by atoms with Gasteiger partial charge in [-0.1, -0.05) is 6.92 Å². The molecule has 4 nitrogen and oxygen atoms in total. The zero-order chi connectivity index (χ0) is 9.90. The molecule has 0 aromatic rings. The molecule has 1 aliphatic rings. The van der Waals surface area contributed by atoms with Gasteiger partial charge < -0.3 is 14.7 Å². The van der Waals surface area contributed by atoms with E-state index in [4.69, 9.17) is 9.84 Å². The first-order valence-corrected chi connectivity index (χ1v) is 4.60. The second kappa shape index (κ2) is 4.07. The zero-order valence-corrected chi connectivity index (χ0v) is 8.25. The number of nitrogens with zero attached hydrogens (tertiary/aromatic N) is 1. The Morgan fingerprint density at radius 3 is 2.54 bits per heavy atom. The Balaban J connectivity index is 2.54. The van der Waals surface area contributed by atoms with Crippen LogP contribution in [0.2, 0.25) is 0 Å². The fraction of sp³-hybridized carbons (Fsp3) is 0.889. The maximum atomic E-state index is 11.8. The molecule has 0 unspecified atom stereocenters. The highest BCUT2D eigenvalue weighted by molar-refractivity contribution is 5.83. The third-order valence-electron chi connectivity index (χ3n) is 2.42. The largest absolute Gasteiger partial charge is 0.395 e. The quantitative estimate of drug-likeness (QED) is 0.666. The Bertz CT molecular complexity index is 184. The summed E-state index contributed by atoms with van der Waals surface area (Å²) >= 11 is 0. The lowest BCUT2D eigenvalue weighted by molar-refractivity contribution is -0.179. The summed E-state index contributed by atoms with van der Waals surface area (Å²) in [7, 11) is 1.77. The number of rotatable bonds is 4. The molecule has 0 saturated carbocycles. The Hall–Kier alpha value is -0.610. The molecular formula is C9H17NO3. The van der Waals surface area contributed by atoms with Crippen molar-refractivity contribution in [1.29, 1.82) is 0 Å². The van der Waals surface area contributed by atoms with Crippen LogP contribution in [0.4, 0.5) is 0 Å². The monoisotopic (exact) mass is 187 g/mol. The lowest BCUT2D eigenvalue weighted by Crippen LogP contribution is -2.56. The average Bonchev–Trinajstić information content (AvgIpc) is 2.03. The molecule has 1 rings (SSSR count). The molecule has 76 valence electrons. The lowest BCUT2D eigenvalue weighted by Gasteiger charge is -2.40. The van der Waals surface area contributed by atoms with Gasteiger partial charge in [0.25, 0.3) is 0 Å². The number of hydrogen-bond acceptors (Lipinski definition) is 3. The van der Waals surface area contributed by atoms with E-state index in [0.29, 0.717) is 13.2 Å². The molecule has 1 N–H and O–H groups in total. The van der Waals surface area contributed by atoms with Gasteiger partial charge >= 0.3 is 0 Å². The molecule has 13 heavy (non-hydrogen) atoms. The fourth-order valence-corrected chi connectivity index (χ4v) is 1.47. The van der Waals surface area contributed by atoms with Gasteiger partial charge in [-0.15, -0.1) is 0 Å². The topological polar surface area (TPSA) is 49.8 Å². The number of amides is 1. The van der Waals surface area contributed by atoms with Crippen LogP contribution < -0.4 is 0 Å². The van der Waals surface area contributed by atoms with Crippen molar-refractivity contribution in [3.8, 4) is 0 Å². The van der Waals surface area contributed by atoms with Crippen LogP contribution in [0.15, 0.2) is 0 Å². The standard InChI is InChI=1S/C9H17NO3/c1-3-4-10(2)8(12)9(5-11)6-13-7-9/h11H,3-7H2,1-2H3. The minimum atomic E-state index is -0.635. The lowest BCUT2D eigenvalue weighted by atomic mass is 9.85. The Morgan fingerprint density at radius 1 is 1.62 bits per heavy atom. The highest BCUT2D eigenvalue weighted by Crippen LogP contribution is 2.28. The predicted octanol–water partition coefficient (Wildman–Crippen LogP) is -0.136. The van der Waals surface area contributed by atoms with Gasteiger partial charge in [-0.25, -0.2) is 0 Å². The maximum absolute atomic E-state index is 11.8. The summed E-state index contributed by atoms with van der Waals surface area (Å²) in [5.74, 6) is 0.00287. The first-order valence-electron chi connectivity index (χ1n) is 4.60.